The maximum atomic E-state index is 12.7. The Morgan fingerprint density at radius 3 is 2.04 bits per heavy atom. The minimum absolute atomic E-state index is 0.00706. The molecule has 0 radical (unpaired) electrons. The summed E-state index contributed by atoms with van der Waals surface area (Å²) in [5.74, 6) is -0.661. The van der Waals surface area contributed by atoms with Crippen LogP contribution in [0.3, 0.4) is 0 Å². The molecule has 2 aliphatic heterocycles. The van der Waals surface area contributed by atoms with Gasteiger partial charge in [0.05, 0.1) is 16.5 Å². The third-order valence-electron chi connectivity index (χ3n) is 4.52. The topological polar surface area (TPSA) is 91.8 Å². The minimum Gasteiger partial charge on any atom is -0.274 e. The molecule has 7 nitrogen and oxygen atoms in total. The van der Waals surface area contributed by atoms with Crippen LogP contribution in [0.2, 0.25) is 0 Å². The molecule has 1 amide bonds. The summed E-state index contributed by atoms with van der Waals surface area (Å²) in [5, 5.41) is -0.489. The van der Waals surface area contributed by atoms with E-state index in [1.165, 1.54) is 4.31 Å². The van der Waals surface area contributed by atoms with Gasteiger partial charge in [-0.25, -0.2) is 21.1 Å². The van der Waals surface area contributed by atoms with Gasteiger partial charge < -0.3 is 0 Å². The molecule has 1 unspecified atom stereocenters. The summed E-state index contributed by atoms with van der Waals surface area (Å²) in [7, 11) is -7.16. The van der Waals surface area contributed by atoms with Crippen LogP contribution in [0.15, 0.2) is 0 Å². The summed E-state index contributed by atoms with van der Waals surface area (Å²) in [6.07, 6.45) is 0.478. The smallest absolute Gasteiger partial charge is 0.238 e. The highest BCUT2D eigenvalue weighted by molar-refractivity contribution is 7.90. The second-order valence-corrected chi connectivity index (χ2v) is 12.1. The summed E-state index contributed by atoms with van der Waals surface area (Å²) in [6.45, 7) is 9.22. The van der Waals surface area contributed by atoms with Crippen molar-refractivity contribution in [3.63, 3.8) is 0 Å². The van der Waals surface area contributed by atoms with Crippen LogP contribution in [0, 0.1) is 5.41 Å². The van der Waals surface area contributed by atoms with E-state index in [0.29, 0.717) is 13.0 Å². The standard InChI is InChI=1S/C14H26N2O5S2/c1-13(2,3)11-6-8-15(23(11,20)21)10-14(4,5)16-12(17)7-9-22(16,18)19/h11H,6-10H2,1-5H3. The van der Waals surface area contributed by atoms with Crippen LogP contribution < -0.4 is 0 Å². The number of amides is 1. The summed E-state index contributed by atoms with van der Waals surface area (Å²) in [5.41, 5.74) is -1.47. The van der Waals surface area contributed by atoms with Crippen LogP contribution in [0.5, 0.6) is 0 Å². The Morgan fingerprint density at radius 1 is 1.09 bits per heavy atom. The van der Waals surface area contributed by atoms with Gasteiger partial charge >= 0.3 is 0 Å². The number of hydrogen-bond donors (Lipinski definition) is 0. The third kappa shape index (κ3) is 3.28. The molecule has 1 atom stereocenters. The molecule has 2 rings (SSSR count). The zero-order valence-corrected chi connectivity index (χ0v) is 16.0. The molecule has 2 heterocycles. The van der Waals surface area contributed by atoms with Gasteiger partial charge in [-0.05, 0) is 25.7 Å². The lowest BCUT2D eigenvalue weighted by Crippen LogP contribution is -2.54. The van der Waals surface area contributed by atoms with Crippen LogP contribution in [0.4, 0.5) is 0 Å². The molecule has 0 spiro atoms. The van der Waals surface area contributed by atoms with Gasteiger partial charge in [-0.15, -0.1) is 0 Å². The highest BCUT2D eigenvalue weighted by Gasteiger charge is 2.50. The second-order valence-electron chi connectivity index (χ2n) is 8.06. The number of sulfonamides is 2. The van der Waals surface area contributed by atoms with E-state index in [0.717, 1.165) is 4.31 Å². The van der Waals surface area contributed by atoms with Crippen molar-refractivity contribution in [2.45, 2.75) is 58.2 Å². The lowest BCUT2D eigenvalue weighted by atomic mass is 9.90. The molecular formula is C14H26N2O5S2. The van der Waals surface area contributed by atoms with Crippen molar-refractivity contribution in [3.8, 4) is 0 Å². The first-order valence-corrected chi connectivity index (χ1v) is 10.9. The molecule has 2 saturated heterocycles. The van der Waals surface area contributed by atoms with Crippen molar-refractivity contribution >= 4 is 26.0 Å². The predicted octanol–water partition coefficient (Wildman–Crippen LogP) is 0.777. The molecule has 0 aliphatic carbocycles. The van der Waals surface area contributed by atoms with Crippen LogP contribution in [-0.4, -0.2) is 61.0 Å². The fourth-order valence-electron chi connectivity index (χ4n) is 3.54. The predicted molar refractivity (Wildman–Crippen MR) is 87.7 cm³/mol. The second kappa shape index (κ2) is 5.42. The number of hydrogen-bond acceptors (Lipinski definition) is 5. The number of nitrogens with zero attached hydrogens (tertiary/aromatic N) is 2. The first kappa shape index (κ1) is 18.7. The van der Waals surface area contributed by atoms with Crippen molar-refractivity contribution in [2.24, 2.45) is 5.41 Å². The third-order valence-corrected chi connectivity index (χ3v) is 9.19. The van der Waals surface area contributed by atoms with Crippen molar-refractivity contribution in [2.75, 3.05) is 18.8 Å². The van der Waals surface area contributed by atoms with Gasteiger partial charge in [0.2, 0.25) is 26.0 Å². The van der Waals surface area contributed by atoms with Crippen molar-refractivity contribution < 1.29 is 21.6 Å². The lowest BCUT2D eigenvalue weighted by Gasteiger charge is -2.37. The van der Waals surface area contributed by atoms with Crippen molar-refractivity contribution in [1.29, 1.82) is 0 Å². The first-order valence-electron chi connectivity index (χ1n) is 7.74. The Bertz CT molecular complexity index is 704. The molecule has 2 fully saturated rings. The van der Waals surface area contributed by atoms with Crippen molar-refractivity contribution in [1.82, 2.24) is 8.61 Å². The molecular weight excluding hydrogens is 340 g/mol. The fraction of sp³-hybridized carbons (Fsp3) is 0.929. The van der Waals surface area contributed by atoms with E-state index in [2.05, 4.69) is 0 Å². The van der Waals surface area contributed by atoms with Crippen LogP contribution in [0.25, 0.3) is 0 Å². The van der Waals surface area contributed by atoms with E-state index in [9.17, 15) is 21.6 Å². The first-order chi connectivity index (χ1) is 10.2. The molecule has 134 valence electrons. The molecule has 2 aliphatic rings. The highest BCUT2D eigenvalue weighted by atomic mass is 32.2. The minimum atomic E-state index is -3.65. The zero-order valence-electron chi connectivity index (χ0n) is 14.4. The molecule has 0 bridgehead atoms. The summed E-state index contributed by atoms with van der Waals surface area (Å²) >= 11 is 0. The quantitative estimate of drug-likeness (QED) is 0.736. The van der Waals surface area contributed by atoms with Crippen LogP contribution in [-0.2, 0) is 24.8 Å². The monoisotopic (exact) mass is 366 g/mol. The van der Waals surface area contributed by atoms with Gasteiger partial charge in [0, 0.05) is 19.5 Å². The number of carbonyl (C=O) groups excluding carboxylic acids is 1. The van der Waals surface area contributed by atoms with Crippen LogP contribution in [0.1, 0.15) is 47.5 Å². The normalized spacial score (nSPS) is 28.5. The number of carbonyl (C=O) groups is 1. The highest BCUT2D eigenvalue weighted by Crippen LogP contribution is 2.37. The van der Waals surface area contributed by atoms with E-state index in [-0.39, 0.29) is 24.1 Å². The number of rotatable bonds is 3. The largest absolute Gasteiger partial charge is 0.274 e. The Hall–Kier alpha value is -0.670. The zero-order chi connectivity index (χ0) is 17.8. The summed E-state index contributed by atoms with van der Waals surface area (Å²) in [6, 6.07) is 0. The van der Waals surface area contributed by atoms with E-state index in [1.54, 1.807) is 13.8 Å². The van der Waals surface area contributed by atoms with Gasteiger partial charge in [-0.1, -0.05) is 20.8 Å². The molecule has 9 heteroatoms. The molecule has 23 heavy (non-hydrogen) atoms. The van der Waals surface area contributed by atoms with Gasteiger partial charge in [0.15, 0.2) is 0 Å². The Labute approximate surface area is 139 Å². The van der Waals surface area contributed by atoms with E-state index in [4.69, 9.17) is 0 Å². The van der Waals surface area contributed by atoms with Gasteiger partial charge in [0.1, 0.15) is 0 Å². The van der Waals surface area contributed by atoms with Crippen molar-refractivity contribution in [3.05, 3.63) is 0 Å². The Kier molecular flexibility index (Phi) is 4.40. The molecule has 0 aromatic carbocycles. The van der Waals surface area contributed by atoms with Gasteiger partial charge in [0.25, 0.3) is 0 Å². The Morgan fingerprint density at radius 2 is 1.65 bits per heavy atom. The Balaban J connectivity index is 2.27. The molecule has 0 aromatic rings. The molecule has 0 saturated carbocycles. The average molecular weight is 367 g/mol. The lowest BCUT2D eigenvalue weighted by molar-refractivity contribution is -0.128. The van der Waals surface area contributed by atoms with Gasteiger partial charge in [-0.2, -0.15) is 4.31 Å². The molecule has 0 aromatic heterocycles. The van der Waals surface area contributed by atoms with E-state index < -0.39 is 36.7 Å². The maximum absolute atomic E-state index is 12.7. The van der Waals surface area contributed by atoms with Gasteiger partial charge in [-0.3, -0.25) is 4.79 Å². The van der Waals surface area contributed by atoms with E-state index >= 15 is 0 Å². The molecule has 0 N–H and O–H groups in total. The summed E-state index contributed by atoms with van der Waals surface area (Å²) in [4.78, 5) is 12.0. The summed E-state index contributed by atoms with van der Waals surface area (Å²) < 4.78 is 51.9. The maximum Gasteiger partial charge on any atom is 0.238 e. The average Bonchev–Trinajstić information content (AvgIpc) is 2.75. The van der Waals surface area contributed by atoms with Crippen LogP contribution >= 0.6 is 0 Å². The fourth-order valence-corrected chi connectivity index (χ4v) is 7.88. The SMILES string of the molecule is CC(C)(C)C1CCN(CC(C)(C)N2C(=O)CCS2(=O)=O)S1(=O)=O. The van der Waals surface area contributed by atoms with E-state index in [1.807, 2.05) is 20.8 Å².